The Hall–Kier alpha value is -2.13. The van der Waals surface area contributed by atoms with E-state index in [1.807, 2.05) is 6.07 Å². The molecule has 3 heterocycles. The maximum atomic E-state index is 11.6. The van der Waals surface area contributed by atoms with Gasteiger partial charge in [-0.3, -0.25) is 4.79 Å². The summed E-state index contributed by atoms with van der Waals surface area (Å²) in [6.45, 7) is 2.68. The van der Waals surface area contributed by atoms with Crippen molar-refractivity contribution in [2.75, 3.05) is 31.1 Å². The molecule has 6 nitrogen and oxygen atoms in total. The van der Waals surface area contributed by atoms with Crippen LogP contribution in [0.5, 0.6) is 0 Å². The molecular weight excluding hydrogens is 316 g/mol. The second-order valence-electron chi connectivity index (χ2n) is 7.33. The lowest BCUT2D eigenvalue weighted by Crippen LogP contribution is -2.51. The quantitative estimate of drug-likeness (QED) is 0.842. The van der Waals surface area contributed by atoms with E-state index in [0.29, 0.717) is 25.1 Å². The first-order valence-electron chi connectivity index (χ1n) is 9.28. The third-order valence-electron chi connectivity index (χ3n) is 5.72. The lowest BCUT2D eigenvalue weighted by atomic mass is 9.90. The number of ether oxygens (including phenoxy) is 1. The maximum Gasteiger partial charge on any atom is 0.222 e. The third-order valence-corrected chi connectivity index (χ3v) is 5.72. The minimum Gasteiger partial charge on any atom is -0.372 e. The van der Waals surface area contributed by atoms with E-state index in [2.05, 4.69) is 16.3 Å². The lowest BCUT2D eigenvalue weighted by molar-refractivity contribution is -0.120. The Bertz CT molecular complexity index is 717. The molecule has 132 valence electrons. The molecule has 1 aromatic rings. The Morgan fingerprint density at radius 2 is 2.04 bits per heavy atom. The second kappa shape index (κ2) is 6.64. The molecule has 2 saturated heterocycles. The zero-order chi connectivity index (χ0) is 17.3. The van der Waals surface area contributed by atoms with Crippen LogP contribution in [0.3, 0.4) is 0 Å². The van der Waals surface area contributed by atoms with Crippen LogP contribution in [-0.2, 0) is 22.4 Å². The second-order valence-corrected chi connectivity index (χ2v) is 7.33. The van der Waals surface area contributed by atoms with Gasteiger partial charge < -0.3 is 15.0 Å². The Labute approximate surface area is 148 Å². The SMILES string of the molecule is N#Cc1cc2c(nc1N1CCC3(CC1)CNC(=O)CCO3)CCCC2. The van der Waals surface area contributed by atoms with Crippen LogP contribution in [0.4, 0.5) is 5.82 Å². The molecule has 0 atom stereocenters. The molecule has 2 aliphatic heterocycles. The molecule has 1 aromatic heterocycles. The minimum absolute atomic E-state index is 0.0717. The van der Waals surface area contributed by atoms with E-state index < -0.39 is 0 Å². The van der Waals surface area contributed by atoms with E-state index >= 15 is 0 Å². The third kappa shape index (κ3) is 3.21. The molecule has 1 spiro atoms. The Balaban J connectivity index is 1.52. The van der Waals surface area contributed by atoms with Crippen molar-refractivity contribution in [3.63, 3.8) is 0 Å². The fourth-order valence-corrected chi connectivity index (χ4v) is 4.15. The summed E-state index contributed by atoms with van der Waals surface area (Å²) in [7, 11) is 0. The van der Waals surface area contributed by atoms with Gasteiger partial charge in [0, 0.05) is 31.7 Å². The highest BCUT2D eigenvalue weighted by Crippen LogP contribution is 2.32. The van der Waals surface area contributed by atoms with Crippen LogP contribution in [0.25, 0.3) is 0 Å². The number of fused-ring (bicyclic) bond motifs is 1. The van der Waals surface area contributed by atoms with Crippen molar-refractivity contribution in [1.82, 2.24) is 10.3 Å². The van der Waals surface area contributed by atoms with Gasteiger partial charge in [-0.2, -0.15) is 5.26 Å². The molecule has 3 aliphatic rings. The number of aryl methyl sites for hydroxylation is 2. The summed E-state index contributed by atoms with van der Waals surface area (Å²) in [5.74, 6) is 0.901. The number of piperidine rings is 1. The number of nitriles is 1. The van der Waals surface area contributed by atoms with Crippen LogP contribution in [-0.4, -0.2) is 42.7 Å². The molecule has 6 heteroatoms. The van der Waals surface area contributed by atoms with Crippen LogP contribution in [0.1, 0.15) is 48.9 Å². The Morgan fingerprint density at radius 1 is 1.24 bits per heavy atom. The van der Waals surface area contributed by atoms with E-state index in [-0.39, 0.29) is 11.5 Å². The van der Waals surface area contributed by atoms with Crippen LogP contribution in [0.2, 0.25) is 0 Å². The molecule has 2 fully saturated rings. The van der Waals surface area contributed by atoms with Gasteiger partial charge in [0.2, 0.25) is 5.91 Å². The number of nitrogens with zero attached hydrogens (tertiary/aromatic N) is 3. The molecule has 1 N–H and O–H groups in total. The van der Waals surface area contributed by atoms with Crippen LogP contribution >= 0.6 is 0 Å². The highest BCUT2D eigenvalue weighted by atomic mass is 16.5. The van der Waals surface area contributed by atoms with Gasteiger partial charge in [-0.15, -0.1) is 0 Å². The van der Waals surface area contributed by atoms with Gasteiger partial charge in [0.15, 0.2) is 0 Å². The Kier molecular flexibility index (Phi) is 4.34. The van der Waals surface area contributed by atoms with Crippen molar-refractivity contribution < 1.29 is 9.53 Å². The number of pyridine rings is 1. The normalized spacial score (nSPS) is 22.7. The van der Waals surface area contributed by atoms with Gasteiger partial charge in [-0.1, -0.05) is 0 Å². The van der Waals surface area contributed by atoms with Gasteiger partial charge in [0.1, 0.15) is 11.9 Å². The number of aromatic nitrogens is 1. The molecule has 1 amide bonds. The number of hydrogen-bond donors (Lipinski definition) is 1. The van der Waals surface area contributed by atoms with E-state index in [9.17, 15) is 10.1 Å². The van der Waals surface area contributed by atoms with E-state index in [0.717, 1.165) is 44.6 Å². The van der Waals surface area contributed by atoms with Crippen molar-refractivity contribution in [3.8, 4) is 6.07 Å². The predicted molar refractivity (Wildman–Crippen MR) is 93.4 cm³/mol. The zero-order valence-corrected chi connectivity index (χ0v) is 14.5. The number of amides is 1. The van der Waals surface area contributed by atoms with Crippen molar-refractivity contribution in [2.45, 2.75) is 50.5 Å². The van der Waals surface area contributed by atoms with Crippen LogP contribution in [0, 0.1) is 11.3 Å². The number of anilines is 1. The molecular formula is C19H24N4O2. The average molecular weight is 340 g/mol. The summed E-state index contributed by atoms with van der Waals surface area (Å²) in [6.07, 6.45) is 6.55. The van der Waals surface area contributed by atoms with Crippen molar-refractivity contribution in [2.24, 2.45) is 0 Å². The molecule has 0 aromatic carbocycles. The number of hydrogen-bond acceptors (Lipinski definition) is 5. The Morgan fingerprint density at radius 3 is 2.84 bits per heavy atom. The first-order chi connectivity index (χ1) is 12.2. The van der Waals surface area contributed by atoms with Crippen molar-refractivity contribution >= 4 is 11.7 Å². The minimum atomic E-state index is -0.260. The molecule has 4 rings (SSSR count). The topological polar surface area (TPSA) is 78.3 Å². The average Bonchev–Trinajstić information content (AvgIpc) is 2.83. The summed E-state index contributed by atoms with van der Waals surface area (Å²) in [5, 5.41) is 12.5. The first-order valence-corrected chi connectivity index (χ1v) is 9.28. The van der Waals surface area contributed by atoms with Gasteiger partial charge in [0.25, 0.3) is 0 Å². The van der Waals surface area contributed by atoms with Crippen molar-refractivity contribution in [3.05, 3.63) is 22.9 Å². The number of rotatable bonds is 1. The zero-order valence-electron chi connectivity index (χ0n) is 14.5. The smallest absolute Gasteiger partial charge is 0.222 e. The summed E-state index contributed by atoms with van der Waals surface area (Å²) in [4.78, 5) is 18.6. The van der Waals surface area contributed by atoms with Gasteiger partial charge in [0.05, 0.1) is 17.8 Å². The number of carbonyl (C=O) groups is 1. The highest BCUT2D eigenvalue weighted by molar-refractivity contribution is 5.76. The summed E-state index contributed by atoms with van der Waals surface area (Å²) >= 11 is 0. The number of nitrogens with one attached hydrogen (secondary N) is 1. The molecule has 0 unspecified atom stereocenters. The predicted octanol–water partition coefficient (Wildman–Crippen LogP) is 1.71. The van der Waals surface area contributed by atoms with Crippen LogP contribution < -0.4 is 10.2 Å². The fourth-order valence-electron chi connectivity index (χ4n) is 4.15. The highest BCUT2D eigenvalue weighted by Gasteiger charge is 2.38. The van der Waals surface area contributed by atoms with Crippen LogP contribution in [0.15, 0.2) is 6.07 Å². The first kappa shape index (κ1) is 16.3. The fraction of sp³-hybridized carbons (Fsp3) is 0.632. The molecule has 0 radical (unpaired) electrons. The van der Waals surface area contributed by atoms with Gasteiger partial charge in [-0.25, -0.2) is 4.98 Å². The largest absolute Gasteiger partial charge is 0.372 e. The molecule has 0 saturated carbocycles. The van der Waals surface area contributed by atoms with Gasteiger partial charge in [-0.05, 0) is 50.2 Å². The van der Waals surface area contributed by atoms with Gasteiger partial charge >= 0.3 is 0 Å². The molecule has 25 heavy (non-hydrogen) atoms. The lowest BCUT2D eigenvalue weighted by Gasteiger charge is -2.41. The summed E-state index contributed by atoms with van der Waals surface area (Å²) in [5.41, 5.74) is 2.84. The maximum absolute atomic E-state index is 11.6. The summed E-state index contributed by atoms with van der Waals surface area (Å²) < 4.78 is 6.04. The monoisotopic (exact) mass is 340 g/mol. The standard InChI is InChI=1S/C19H24N4O2/c20-12-15-11-14-3-1-2-4-16(14)22-18(15)23-8-6-19(7-9-23)13-21-17(24)5-10-25-19/h11H,1-10,13H2,(H,21,24). The molecule has 0 bridgehead atoms. The van der Waals surface area contributed by atoms with Crippen molar-refractivity contribution in [1.29, 1.82) is 5.26 Å². The van der Waals surface area contributed by atoms with E-state index in [4.69, 9.17) is 9.72 Å². The summed E-state index contributed by atoms with van der Waals surface area (Å²) in [6, 6.07) is 4.38. The number of carbonyl (C=O) groups excluding carboxylic acids is 1. The van der Waals surface area contributed by atoms with E-state index in [1.165, 1.54) is 24.1 Å². The molecule has 1 aliphatic carbocycles. The van der Waals surface area contributed by atoms with E-state index in [1.54, 1.807) is 0 Å².